The highest BCUT2D eigenvalue weighted by molar-refractivity contribution is 7.94. The minimum absolute atomic E-state index is 0.136. The Morgan fingerprint density at radius 3 is 2.35 bits per heavy atom. The second-order valence-corrected chi connectivity index (χ2v) is 7.76. The zero-order chi connectivity index (χ0) is 17.0. The second kappa shape index (κ2) is 6.80. The van der Waals surface area contributed by atoms with Crippen molar-refractivity contribution in [2.75, 3.05) is 4.72 Å². The summed E-state index contributed by atoms with van der Waals surface area (Å²) in [5.41, 5.74) is 5.75. The van der Waals surface area contributed by atoms with Gasteiger partial charge in [-0.05, 0) is 36.4 Å². The minimum atomic E-state index is -3.72. The Balaban J connectivity index is 2.12. The first kappa shape index (κ1) is 17.0. The van der Waals surface area contributed by atoms with Crippen LogP contribution in [0.3, 0.4) is 0 Å². The molecule has 2 amide bonds. The van der Waals surface area contributed by atoms with Gasteiger partial charge in [0.2, 0.25) is 11.8 Å². The van der Waals surface area contributed by atoms with E-state index in [0.717, 1.165) is 16.2 Å². The molecule has 0 aliphatic heterocycles. The highest BCUT2D eigenvalue weighted by Gasteiger charge is 2.17. The third-order valence-corrected chi connectivity index (χ3v) is 5.79. The highest BCUT2D eigenvalue weighted by Crippen LogP contribution is 2.24. The Morgan fingerprint density at radius 2 is 1.78 bits per heavy atom. The molecule has 9 heteroatoms. The van der Waals surface area contributed by atoms with Gasteiger partial charge < -0.3 is 11.1 Å². The van der Waals surface area contributed by atoms with Crippen molar-refractivity contribution in [1.82, 2.24) is 5.32 Å². The Kier molecular flexibility index (Phi) is 5.02. The van der Waals surface area contributed by atoms with E-state index in [4.69, 9.17) is 5.73 Å². The lowest BCUT2D eigenvalue weighted by Crippen LogP contribution is -2.18. The van der Waals surface area contributed by atoms with Crippen LogP contribution in [-0.2, 0) is 21.4 Å². The standard InChI is InChI=1S/C14H15N3O4S2/c1-9(18)16-8-12-6-7-13(22-12)23(20,21)17-11-4-2-10(3-5-11)14(15)19/h2-7,17H,8H2,1H3,(H2,15,19)(H,16,18). The van der Waals surface area contributed by atoms with Gasteiger partial charge in [0.25, 0.3) is 10.0 Å². The van der Waals surface area contributed by atoms with Crippen LogP contribution in [0.2, 0.25) is 0 Å². The first-order valence-electron chi connectivity index (χ1n) is 6.54. The molecule has 0 radical (unpaired) electrons. The number of nitrogens with one attached hydrogen (secondary N) is 2. The third-order valence-electron chi connectivity index (χ3n) is 2.84. The first-order chi connectivity index (χ1) is 10.8. The molecule has 2 rings (SSSR count). The van der Waals surface area contributed by atoms with Gasteiger partial charge in [0, 0.05) is 23.1 Å². The molecular weight excluding hydrogens is 338 g/mol. The van der Waals surface area contributed by atoms with Crippen LogP contribution in [0, 0.1) is 0 Å². The van der Waals surface area contributed by atoms with E-state index >= 15 is 0 Å². The summed E-state index contributed by atoms with van der Waals surface area (Å²) in [4.78, 5) is 22.6. The topological polar surface area (TPSA) is 118 Å². The van der Waals surface area contributed by atoms with Gasteiger partial charge in [-0.2, -0.15) is 0 Å². The number of amides is 2. The fourth-order valence-corrected chi connectivity index (χ4v) is 4.07. The molecule has 0 bridgehead atoms. The van der Waals surface area contributed by atoms with Crippen molar-refractivity contribution in [2.45, 2.75) is 17.7 Å². The molecule has 7 nitrogen and oxygen atoms in total. The van der Waals surface area contributed by atoms with Crippen LogP contribution in [0.25, 0.3) is 0 Å². The summed E-state index contributed by atoms with van der Waals surface area (Å²) in [6.45, 7) is 1.67. The summed E-state index contributed by atoms with van der Waals surface area (Å²) in [6, 6.07) is 8.92. The van der Waals surface area contributed by atoms with Crippen LogP contribution < -0.4 is 15.8 Å². The van der Waals surface area contributed by atoms with Gasteiger partial charge in [-0.1, -0.05) is 0 Å². The first-order valence-corrected chi connectivity index (χ1v) is 8.84. The molecule has 0 atom stereocenters. The summed E-state index contributed by atoms with van der Waals surface area (Å²) in [7, 11) is -3.72. The number of carbonyl (C=O) groups is 2. The Bertz CT molecular complexity index is 826. The van der Waals surface area contributed by atoms with Crippen molar-refractivity contribution < 1.29 is 18.0 Å². The van der Waals surface area contributed by atoms with E-state index in [9.17, 15) is 18.0 Å². The van der Waals surface area contributed by atoms with Crippen LogP contribution >= 0.6 is 11.3 Å². The molecule has 1 heterocycles. The summed E-state index contributed by atoms with van der Waals surface area (Å²) >= 11 is 1.07. The highest BCUT2D eigenvalue weighted by atomic mass is 32.2. The number of benzene rings is 1. The van der Waals surface area contributed by atoms with E-state index in [1.165, 1.54) is 37.3 Å². The van der Waals surface area contributed by atoms with E-state index in [1.54, 1.807) is 6.07 Å². The van der Waals surface area contributed by atoms with E-state index in [0.29, 0.717) is 11.3 Å². The van der Waals surface area contributed by atoms with Crippen LogP contribution in [0.4, 0.5) is 5.69 Å². The van der Waals surface area contributed by atoms with Crippen LogP contribution in [-0.4, -0.2) is 20.2 Å². The van der Waals surface area contributed by atoms with Crippen molar-refractivity contribution >= 4 is 38.9 Å². The van der Waals surface area contributed by atoms with E-state index in [-0.39, 0.29) is 16.7 Å². The van der Waals surface area contributed by atoms with Gasteiger partial charge in [-0.25, -0.2) is 8.42 Å². The molecule has 1 aromatic carbocycles. The minimum Gasteiger partial charge on any atom is -0.366 e. The monoisotopic (exact) mass is 353 g/mol. The maximum absolute atomic E-state index is 12.3. The molecule has 0 saturated heterocycles. The van der Waals surface area contributed by atoms with Crippen LogP contribution in [0.5, 0.6) is 0 Å². The second-order valence-electron chi connectivity index (χ2n) is 4.68. The molecule has 23 heavy (non-hydrogen) atoms. The fraction of sp³-hybridized carbons (Fsp3) is 0.143. The van der Waals surface area contributed by atoms with Gasteiger partial charge in [0.05, 0.1) is 6.54 Å². The molecule has 0 aliphatic carbocycles. The molecule has 2 aromatic rings. The predicted octanol–water partition coefficient (Wildman–Crippen LogP) is 1.28. The van der Waals surface area contributed by atoms with Gasteiger partial charge in [-0.3, -0.25) is 14.3 Å². The van der Waals surface area contributed by atoms with Crippen molar-refractivity contribution in [2.24, 2.45) is 5.73 Å². The summed E-state index contributed by atoms with van der Waals surface area (Å²) in [5.74, 6) is -0.768. The zero-order valence-electron chi connectivity index (χ0n) is 12.2. The van der Waals surface area contributed by atoms with Gasteiger partial charge in [-0.15, -0.1) is 11.3 Å². The lowest BCUT2D eigenvalue weighted by molar-refractivity contribution is -0.119. The number of hydrogen-bond acceptors (Lipinski definition) is 5. The number of primary amides is 1. The Morgan fingerprint density at radius 1 is 1.13 bits per heavy atom. The summed E-state index contributed by atoms with van der Waals surface area (Å²) in [5, 5.41) is 2.61. The summed E-state index contributed by atoms with van der Waals surface area (Å²) < 4.78 is 27.1. The van der Waals surface area contributed by atoms with Crippen molar-refractivity contribution in [1.29, 1.82) is 0 Å². The quantitative estimate of drug-likeness (QED) is 0.725. The van der Waals surface area contributed by atoms with Crippen LogP contribution in [0.1, 0.15) is 22.2 Å². The van der Waals surface area contributed by atoms with Gasteiger partial charge in [0.1, 0.15) is 4.21 Å². The maximum atomic E-state index is 12.3. The SMILES string of the molecule is CC(=O)NCc1ccc(S(=O)(=O)Nc2ccc(C(N)=O)cc2)s1. The van der Waals surface area contributed by atoms with Crippen molar-refractivity contribution in [3.05, 3.63) is 46.8 Å². The lowest BCUT2D eigenvalue weighted by atomic mass is 10.2. The number of anilines is 1. The third kappa shape index (κ3) is 4.54. The predicted molar refractivity (Wildman–Crippen MR) is 87.6 cm³/mol. The molecule has 0 unspecified atom stereocenters. The van der Waals surface area contributed by atoms with Crippen molar-refractivity contribution in [3.8, 4) is 0 Å². The fourth-order valence-electron chi connectivity index (χ4n) is 1.72. The lowest BCUT2D eigenvalue weighted by Gasteiger charge is -2.06. The van der Waals surface area contributed by atoms with E-state index < -0.39 is 15.9 Å². The smallest absolute Gasteiger partial charge is 0.271 e. The Hall–Kier alpha value is -2.39. The molecule has 1 aromatic heterocycles. The largest absolute Gasteiger partial charge is 0.366 e. The maximum Gasteiger partial charge on any atom is 0.271 e. The van der Waals surface area contributed by atoms with Gasteiger partial charge in [0.15, 0.2) is 0 Å². The molecule has 0 spiro atoms. The Labute approximate surface area is 137 Å². The normalized spacial score (nSPS) is 11.0. The van der Waals surface area contributed by atoms with Crippen molar-refractivity contribution in [3.63, 3.8) is 0 Å². The number of carbonyl (C=O) groups excluding carboxylic acids is 2. The number of sulfonamides is 1. The molecular formula is C14H15N3O4S2. The van der Waals surface area contributed by atoms with E-state index in [1.807, 2.05) is 0 Å². The number of rotatable bonds is 6. The number of thiophene rings is 1. The summed E-state index contributed by atoms with van der Waals surface area (Å²) in [6.07, 6.45) is 0. The molecule has 0 aliphatic rings. The number of hydrogen-bond donors (Lipinski definition) is 3. The molecule has 4 N–H and O–H groups in total. The van der Waals surface area contributed by atoms with E-state index in [2.05, 4.69) is 10.0 Å². The zero-order valence-corrected chi connectivity index (χ0v) is 13.8. The van der Waals surface area contributed by atoms with Gasteiger partial charge >= 0.3 is 0 Å². The van der Waals surface area contributed by atoms with Crippen LogP contribution in [0.15, 0.2) is 40.6 Å². The molecule has 122 valence electrons. The number of nitrogens with two attached hydrogens (primary N) is 1. The average molecular weight is 353 g/mol. The molecule has 0 fully saturated rings. The molecule has 0 saturated carbocycles. The average Bonchev–Trinajstić information content (AvgIpc) is 2.95.